The highest BCUT2D eigenvalue weighted by molar-refractivity contribution is 5.95. The largest absolute Gasteiger partial charge is 0.322 e. The molecule has 0 saturated carbocycles. The summed E-state index contributed by atoms with van der Waals surface area (Å²) in [5, 5.41) is 8.06. The zero-order valence-electron chi connectivity index (χ0n) is 20.2. The number of rotatable bonds is 5. The van der Waals surface area contributed by atoms with Crippen molar-refractivity contribution in [2.45, 2.75) is 18.9 Å². The van der Waals surface area contributed by atoms with Crippen LogP contribution in [0, 0.1) is 5.82 Å². The molecule has 1 aliphatic heterocycles. The molecule has 1 aromatic heterocycles. The topological polar surface area (TPSA) is 112 Å². The Bertz CT molecular complexity index is 1330. The number of hydrogen-bond acceptors (Lipinski definition) is 5. The average molecular weight is 518 g/mol. The summed E-state index contributed by atoms with van der Waals surface area (Å²) in [5.74, 6) is -3.31. The number of nitrogens with zero attached hydrogens (tertiary/aromatic N) is 4. The van der Waals surface area contributed by atoms with E-state index < -0.39 is 24.1 Å². The maximum atomic E-state index is 14.9. The van der Waals surface area contributed by atoms with E-state index in [0.29, 0.717) is 25.3 Å². The minimum Gasteiger partial charge on any atom is -0.319 e. The third-order valence-electron chi connectivity index (χ3n) is 6.22. The molecule has 1 aliphatic rings. The van der Waals surface area contributed by atoms with Crippen molar-refractivity contribution < 1.29 is 27.6 Å². The van der Waals surface area contributed by atoms with E-state index in [1.807, 2.05) is 36.6 Å². The third kappa shape index (κ3) is 6.00. The molecule has 0 spiro atoms. The Labute approximate surface area is 210 Å². The van der Waals surface area contributed by atoms with Crippen LogP contribution in [-0.2, 0) is 18.3 Å². The number of hydrazine groups is 1. The molecule has 1 unspecified atom stereocenters. The summed E-state index contributed by atoms with van der Waals surface area (Å²) >= 11 is 0. The van der Waals surface area contributed by atoms with Gasteiger partial charge in [-0.15, -0.1) is 0 Å². The number of amides is 4. The predicted octanol–water partition coefficient (Wildman–Crippen LogP) is 2.13. The maximum Gasteiger partial charge on any atom is 0.322 e. The van der Waals surface area contributed by atoms with Crippen LogP contribution in [-0.4, -0.2) is 76.6 Å². The highest BCUT2D eigenvalue weighted by atomic mass is 19.3. The number of piperazine rings is 1. The van der Waals surface area contributed by atoms with E-state index in [2.05, 4.69) is 10.4 Å². The first kappa shape index (κ1) is 25.9. The quantitative estimate of drug-likeness (QED) is 0.449. The van der Waals surface area contributed by atoms with Crippen molar-refractivity contribution in [1.82, 2.24) is 30.4 Å². The van der Waals surface area contributed by atoms with E-state index in [1.165, 1.54) is 12.1 Å². The number of aromatic nitrogens is 2. The minimum absolute atomic E-state index is 0.156. The lowest BCUT2D eigenvalue weighted by atomic mass is 10.0. The molecule has 0 bridgehead atoms. The van der Waals surface area contributed by atoms with E-state index >= 15 is 0 Å². The second-order valence-corrected chi connectivity index (χ2v) is 8.84. The molecule has 1 fully saturated rings. The van der Waals surface area contributed by atoms with Crippen LogP contribution in [0.2, 0.25) is 0 Å². The summed E-state index contributed by atoms with van der Waals surface area (Å²) in [5.41, 5.74) is 4.98. The van der Waals surface area contributed by atoms with Gasteiger partial charge in [-0.05, 0) is 49.4 Å². The SMILES string of the molecule is CN1CCN(C(=O)Nc2ccc3cnn(C)c3c2)C(Cc2ccc(C(=O)NNC(=O)C(F)F)cc2F)C1. The van der Waals surface area contributed by atoms with Crippen molar-refractivity contribution in [3.63, 3.8) is 0 Å². The summed E-state index contributed by atoms with van der Waals surface area (Å²) in [6, 6.07) is 8.51. The van der Waals surface area contributed by atoms with Crippen LogP contribution in [0.3, 0.4) is 0 Å². The summed E-state index contributed by atoms with van der Waals surface area (Å²) in [4.78, 5) is 39.9. The maximum absolute atomic E-state index is 14.9. The number of nitrogens with one attached hydrogen (secondary N) is 3. The summed E-state index contributed by atoms with van der Waals surface area (Å²) in [6.45, 7) is 1.60. The number of carbonyl (C=O) groups is 3. The van der Waals surface area contributed by atoms with Crippen molar-refractivity contribution in [3.8, 4) is 0 Å². The first-order chi connectivity index (χ1) is 17.6. The lowest BCUT2D eigenvalue weighted by Gasteiger charge is -2.40. The van der Waals surface area contributed by atoms with E-state index in [1.54, 1.807) is 27.3 Å². The number of fused-ring (bicyclic) bond motifs is 1. The number of benzene rings is 2. The van der Waals surface area contributed by atoms with Crippen molar-refractivity contribution in [2.75, 3.05) is 32.0 Å². The number of hydrogen-bond donors (Lipinski definition) is 3. The van der Waals surface area contributed by atoms with Crippen LogP contribution in [0.15, 0.2) is 42.6 Å². The van der Waals surface area contributed by atoms with Gasteiger partial charge in [-0.1, -0.05) is 6.07 Å². The Kier molecular flexibility index (Phi) is 7.62. The van der Waals surface area contributed by atoms with Gasteiger partial charge in [0.25, 0.3) is 5.91 Å². The third-order valence-corrected chi connectivity index (χ3v) is 6.22. The van der Waals surface area contributed by atoms with E-state index in [0.717, 1.165) is 17.0 Å². The summed E-state index contributed by atoms with van der Waals surface area (Å²) in [7, 11) is 3.73. The molecule has 4 rings (SSSR count). The van der Waals surface area contributed by atoms with Gasteiger partial charge >= 0.3 is 18.4 Å². The fourth-order valence-corrected chi connectivity index (χ4v) is 4.22. The highest BCUT2D eigenvalue weighted by Crippen LogP contribution is 2.22. The fourth-order valence-electron chi connectivity index (χ4n) is 4.22. The van der Waals surface area contributed by atoms with Crippen molar-refractivity contribution in [3.05, 3.63) is 59.5 Å². The van der Waals surface area contributed by atoms with Crippen LogP contribution >= 0.6 is 0 Å². The zero-order valence-corrected chi connectivity index (χ0v) is 20.2. The number of anilines is 1. The average Bonchev–Trinajstić information content (AvgIpc) is 3.23. The first-order valence-corrected chi connectivity index (χ1v) is 11.5. The van der Waals surface area contributed by atoms with Crippen molar-refractivity contribution in [1.29, 1.82) is 0 Å². The highest BCUT2D eigenvalue weighted by Gasteiger charge is 2.30. The fraction of sp³-hybridized carbons (Fsp3) is 0.333. The minimum atomic E-state index is -3.30. The molecule has 2 aromatic carbocycles. The molecule has 37 heavy (non-hydrogen) atoms. The van der Waals surface area contributed by atoms with Crippen LogP contribution in [0.1, 0.15) is 15.9 Å². The van der Waals surface area contributed by atoms with Gasteiger partial charge in [-0.25, -0.2) is 9.18 Å². The summed E-state index contributed by atoms with van der Waals surface area (Å²) < 4.78 is 41.1. The van der Waals surface area contributed by atoms with Crippen LogP contribution in [0.5, 0.6) is 0 Å². The monoisotopic (exact) mass is 517 g/mol. The van der Waals surface area contributed by atoms with E-state index in [4.69, 9.17) is 0 Å². The number of alkyl halides is 2. The predicted molar refractivity (Wildman–Crippen MR) is 129 cm³/mol. The second kappa shape index (κ2) is 10.9. The molecule has 10 nitrogen and oxygen atoms in total. The van der Waals surface area contributed by atoms with Gasteiger partial charge in [0.2, 0.25) is 0 Å². The molecular formula is C24H26F3N7O3. The normalized spacial score (nSPS) is 16.2. The zero-order chi connectivity index (χ0) is 26.7. The van der Waals surface area contributed by atoms with Gasteiger partial charge in [0.15, 0.2) is 0 Å². The van der Waals surface area contributed by atoms with Crippen LogP contribution in [0.25, 0.3) is 10.9 Å². The molecule has 1 saturated heterocycles. The molecule has 13 heteroatoms. The lowest BCUT2D eigenvalue weighted by Crippen LogP contribution is -2.56. The summed E-state index contributed by atoms with van der Waals surface area (Å²) in [6.07, 6.45) is -1.37. The Morgan fingerprint density at radius 1 is 1.08 bits per heavy atom. The number of carbonyl (C=O) groups excluding carboxylic acids is 3. The smallest absolute Gasteiger partial charge is 0.319 e. The Morgan fingerprint density at radius 3 is 2.59 bits per heavy atom. The number of halogens is 3. The molecule has 0 aliphatic carbocycles. The van der Waals surface area contributed by atoms with Gasteiger partial charge in [-0.3, -0.25) is 25.1 Å². The Hall–Kier alpha value is -4.13. The second-order valence-electron chi connectivity index (χ2n) is 8.84. The van der Waals surface area contributed by atoms with Gasteiger partial charge < -0.3 is 15.1 Å². The van der Waals surface area contributed by atoms with Gasteiger partial charge in [0.05, 0.1) is 17.8 Å². The van der Waals surface area contributed by atoms with E-state index in [9.17, 15) is 27.6 Å². The molecule has 4 amide bonds. The Morgan fingerprint density at radius 2 is 1.86 bits per heavy atom. The molecular weight excluding hydrogens is 491 g/mol. The molecule has 1 atom stereocenters. The Balaban J connectivity index is 1.45. The molecule has 3 aromatic rings. The molecule has 196 valence electrons. The molecule has 3 N–H and O–H groups in total. The number of urea groups is 1. The van der Waals surface area contributed by atoms with Gasteiger partial charge in [0, 0.05) is 43.3 Å². The van der Waals surface area contributed by atoms with Crippen LogP contribution < -0.4 is 16.2 Å². The molecule has 2 heterocycles. The van der Waals surface area contributed by atoms with Crippen LogP contribution in [0.4, 0.5) is 23.7 Å². The number of aryl methyl sites for hydroxylation is 1. The van der Waals surface area contributed by atoms with Gasteiger partial charge in [0.1, 0.15) is 5.82 Å². The lowest BCUT2D eigenvalue weighted by molar-refractivity contribution is -0.132. The number of likely N-dealkylation sites (N-methyl/N-ethyl adjacent to an activating group) is 1. The van der Waals surface area contributed by atoms with Gasteiger partial charge in [-0.2, -0.15) is 13.9 Å². The molecule has 0 radical (unpaired) electrons. The van der Waals surface area contributed by atoms with Crippen molar-refractivity contribution >= 4 is 34.4 Å². The van der Waals surface area contributed by atoms with E-state index in [-0.39, 0.29) is 29.6 Å². The first-order valence-electron chi connectivity index (χ1n) is 11.5. The standard InChI is InChI=1S/C24H26F3N7O3/c1-32-7-8-34(24(37)29-17-6-5-16-12-28-33(2)20(16)11-17)18(13-32)9-14-3-4-15(10-19(14)25)22(35)30-31-23(36)21(26)27/h3-6,10-12,18,21H,7-9,13H2,1-2H3,(H,29,37)(H,30,35)(H,31,36). The van der Waals surface area contributed by atoms with Crippen molar-refractivity contribution in [2.24, 2.45) is 7.05 Å².